The molecule has 0 bridgehead atoms. The molecule has 0 radical (unpaired) electrons. The average molecular weight is 222 g/mol. The van der Waals surface area contributed by atoms with Crippen molar-refractivity contribution in [2.75, 3.05) is 7.11 Å². The Bertz CT molecular complexity index is 312. The lowest BCUT2D eigenvalue weighted by Crippen LogP contribution is -1.98. The summed E-state index contributed by atoms with van der Waals surface area (Å²) >= 11 is 0. The van der Waals surface area contributed by atoms with Crippen molar-refractivity contribution >= 4 is 5.97 Å². The van der Waals surface area contributed by atoms with E-state index in [4.69, 9.17) is 4.42 Å². The van der Waals surface area contributed by atoms with Crippen LogP contribution in [-0.4, -0.2) is 13.1 Å². The maximum absolute atomic E-state index is 10.8. The van der Waals surface area contributed by atoms with Crippen LogP contribution in [0.2, 0.25) is 0 Å². The molecule has 0 amide bonds. The van der Waals surface area contributed by atoms with Gasteiger partial charge in [-0.1, -0.05) is 12.2 Å². The number of methoxy groups -OCH3 is 1. The molecule has 0 aromatic carbocycles. The number of rotatable bonds is 7. The summed E-state index contributed by atoms with van der Waals surface area (Å²) in [7, 11) is 1.42. The van der Waals surface area contributed by atoms with Gasteiger partial charge in [0.2, 0.25) is 0 Å². The molecule has 0 fully saturated rings. The summed E-state index contributed by atoms with van der Waals surface area (Å²) in [5.41, 5.74) is 0. The smallest absolute Gasteiger partial charge is 0.305 e. The van der Waals surface area contributed by atoms with Crippen LogP contribution < -0.4 is 0 Å². The first-order valence-electron chi connectivity index (χ1n) is 5.57. The molecule has 0 aliphatic rings. The maximum Gasteiger partial charge on any atom is 0.305 e. The first kappa shape index (κ1) is 12.6. The number of furan rings is 1. The lowest BCUT2D eigenvalue weighted by Gasteiger charge is -1.95. The Morgan fingerprint density at radius 3 is 2.94 bits per heavy atom. The van der Waals surface area contributed by atoms with Crippen molar-refractivity contribution in [3.8, 4) is 0 Å². The Morgan fingerprint density at radius 2 is 2.25 bits per heavy atom. The molecule has 0 atom stereocenters. The zero-order chi connectivity index (χ0) is 11.6. The van der Waals surface area contributed by atoms with Crippen molar-refractivity contribution in [2.24, 2.45) is 0 Å². The minimum atomic E-state index is -0.135. The fourth-order valence-electron chi connectivity index (χ4n) is 1.38. The Morgan fingerprint density at radius 1 is 1.44 bits per heavy atom. The SMILES string of the molecule is COC(=O)CCC/C=C/CCc1ccco1. The number of allylic oxidation sites excluding steroid dienone is 2. The molecule has 3 heteroatoms. The molecule has 3 nitrogen and oxygen atoms in total. The summed E-state index contributed by atoms with van der Waals surface area (Å²) < 4.78 is 9.76. The van der Waals surface area contributed by atoms with Gasteiger partial charge in [-0.05, 0) is 31.4 Å². The molecule has 1 aromatic rings. The summed E-state index contributed by atoms with van der Waals surface area (Å²) in [6, 6.07) is 3.88. The van der Waals surface area contributed by atoms with Crippen molar-refractivity contribution in [3.05, 3.63) is 36.3 Å². The Balaban J connectivity index is 1.99. The number of hydrogen-bond donors (Lipinski definition) is 0. The van der Waals surface area contributed by atoms with E-state index in [2.05, 4.69) is 16.9 Å². The highest BCUT2D eigenvalue weighted by atomic mass is 16.5. The number of carbonyl (C=O) groups is 1. The summed E-state index contributed by atoms with van der Waals surface area (Å²) in [5, 5.41) is 0. The van der Waals surface area contributed by atoms with Gasteiger partial charge in [-0.25, -0.2) is 0 Å². The van der Waals surface area contributed by atoms with Gasteiger partial charge in [-0.3, -0.25) is 4.79 Å². The van der Waals surface area contributed by atoms with Crippen LogP contribution in [0, 0.1) is 0 Å². The first-order chi connectivity index (χ1) is 7.83. The van der Waals surface area contributed by atoms with Crippen molar-refractivity contribution < 1.29 is 13.9 Å². The van der Waals surface area contributed by atoms with Crippen LogP contribution in [0.15, 0.2) is 35.0 Å². The topological polar surface area (TPSA) is 39.4 Å². The molecule has 88 valence electrons. The number of esters is 1. The second-order valence-electron chi connectivity index (χ2n) is 3.56. The maximum atomic E-state index is 10.8. The van der Waals surface area contributed by atoms with E-state index < -0.39 is 0 Å². The van der Waals surface area contributed by atoms with Crippen molar-refractivity contribution in [1.29, 1.82) is 0 Å². The van der Waals surface area contributed by atoms with Crippen LogP contribution in [0.3, 0.4) is 0 Å². The highest BCUT2D eigenvalue weighted by Crippen LogP contribution is 2.05. The van der Waals surface area contributed by atoms with Gasteiger partial charge in [-0.15, -0.1) is 0 Å². The van der Waals surface area contributed by atoms with Crippen LogP contribution >= 0.6 is 0 Å². The average Bonchev–Trinajstić information content (AvgIpc) is 2.80. The molecular weight excluding hydrogens is 204 g/mol. The molecule has 0 unspecified atom stereocenters. The van der Waals surface area contributed by atoms with Gasteiger partial charge in [0, 0.05) is 12.8 Å². The molecule has 0 aliphatic carbocycles. The van der Waals surface area contributed by atoms with Crippen LogP contribution in [-0.2, 0) is 16.0 Å². The summed E-state index contributed by atoms with van der Waals surface area (Å²) in [5.74, 6) is 0.878. The lowest BCUT2D eigenvalue weighted by atomic mass is 10.2. The second-order valence-corrected chi connectivity index (χ2v) is 3.56. The Kier molecular flexibility index (Phi) is 6.07. The molecule has 0 spiro atoms. The summed E-state index contributed by atoms with van der Waals surface area (Å²) in [4.78, 5) is 10.8. The lowest BCUT2D eigenvalue weighted by molar-refractivity contribution is -0.140. The van der Waals surface area contributed by atoms with Gasteiger partial charge < -0.3 is 9.15 Å². The minimum Gasteiger partial charge on any atom is -0.469 e. The molecule has 16 heavy (non-hydrogen) atoms. The zero-order valence-electron chi connectivity index (χ0n) is 9.65. The number of unbranched alkanes of at least 4 members (excludes halogenated alkanes) is 1. The van der Waals surface area contributed by atoms with Crippen LogP contribution in [0.5, 0.6) is 0 Å². The largest absolute Gasteiger partial charge is 0.469 e. The van der Waals surface area contributed by atoms with E-state index in [1.807, 2.05) is 12.1 Å². The Labute approximate surface area is 96.1 Å². The third-order valence-electron chi connectivity index (χ3n) is 2.28. The minimum absolute atomic E-state index is 0.135. The zero-order valence-corrected chi connectivity index (χ0v) is 9.65. The summed E-state index contributed by atoms with van der Waals surface area (Å²) in [6.45, 7) is 0. The third-order valence-corrected chi connectivity index (χ3v) is 2.28. The predicted octanol–water partition coefficient (Wildman–Crippen LogP) is 3.11. The molecule has 0 saturated heterocycles. The van der Waals surface area contributed by atoms with E-state index in [-0.39, 0.29) is 5.97 Å². The van der Waals surface area contributed by atoms with Crippen LogP contribution in [0.4, 0.5) is 0 Å². The molecule has 0 aliphatic heterocycles. The third kappa shape index (κ3) is 5.39. The molecular formula is C13H18O3. The highest BCUT2D eigenvalue weighted by Gasteiger charge is 1.97. The van der Waals surface area contributed by atoms with Crippen LogP contribution in [0.1, 0.15) is 31.4 Å². The second kappa shape index (κ2) is 7.74. The number of hydrogen-bond acceptors (Lipinski definition) is 3. The van der Waals surface area contributed by atoms with E-state index in [1.165, 1.54) is 7.11 Å². The van der Waals surface area contributed by atoms with Crippen molar-refractivity contribution in [2.45, 2.75) is 32.1 Å². The standard InChI is InChI=1S/C13H18O3/c1-15-13(14)10-6-4-2-3-5-8-12-9-7-11-16-12/h2-3,7,9,11H,4-6,8,10H2,1H3/b3-2+. The van der Waals surface area contributed by atoms with E-state index in [0.717, 1.165) is 31.4 Å². The van der Waals surface area contributed by atoms with Gasteiger partial charge in [0.25, 0.3) is 0 Å². The van der Waals surface area contributed by atoms with E-state index >= 15 is 0 Å². The monoisotopic (exact) mass is 222 g/mol. The van der Waals surface area contributed by atoms with E-state index in [1.54, 1.807) is 6.26 Å². The fraction of sp³-hybridized carbons (Fsp3) is 0.462. The number of carbonyl (C=O) groups excluding carboxylic acids is 1. The van der Waals surface area contributed by atoms with E-state index in [9.17, 15) is 4.79 Å². The van der Waals surface area contributed by atoms with E-state index in [0.29, 0.717) is 6.42 Å². The molecule has 1 aromatic heterocycles. The molecule has 0 saturated carbocycles. The van der Waals surface area contributed by atoms with Gasteiger partial charge >= 0.3 is 5.97 Å². The van der Waals surface area contributed by atoms with Crippen molar-refractivity contribution in [3.63, 3.8) is 0 Å². The van der Waals surface area contributed by atoms with Gasteiger partial charge in [-0.2, -0.15) is 0 Å². The van der Waals surface area contributed by atoms with Gasteiger partial charge in [0.05, 0.1) is 13.4 Å². The molecule has 0 N–H and O–H groups in total. The Hall–Kier alpha value is -1.51. The normalized spacial score (nSPS) is 10.8. The van der Waals surface area contributed by atoms with Gasteiger partial charge in [0.1, 0.15) is 5.76 Å². The van der Waals surface area contributed by atoms with Crippen LogP contribution in [0.25, 0.3) is 0 Å². The fourth-order valence-corrected chi connectivity index (χ4v) is 1.38. The molecule has 1 rings (SSSR count). The summed E-state index contributed by atoms with van der Waals surface area (Å²) in [6.07, 6.45) is 10.1. The van der Waals surface area contributed by atoms with Crippen molar-refractivity contribution in [1.82, 2.24) is 0 Å². The number of aryl methyl sites for hydroxylation is 1. The molecule has 1 heterocycles. The highest BCUT2D eigenvalue weighted by molar-refractivity contribution is 5.68. The van der Waals surface area contributed by atoms with Gasteiger partial charge in [0.15, 0.2) is 0 Å². The number of ether oxygens (including phenoxy) is 1. The first-order valence-corrected chi connectivity index (χ1v) is 5.57. The quantitative estimate of drug-likeness (QED) is 0.404. The predicted molar refractivity (Wildman–Crippen MR) is 62.0 cm³/mol.